The third kappa shape index (κ3) is 4.10. The third-order valence-corrected chi connectivity index (χ3v) is 5.65. The molecule has 2 aliphatic rings. The van der Waals surface area contributed by atoms with Crippen LogP contribution in [0.1, 0.15) is 44.9 Å². The number of aliphatic imine (C=N–C) groups is 1. The molecule has 28 heavy (non-hydrogen) atoms. The lowest BCUT2D eigenvalue weighted by Gasteiger charge is -2.21. The first-order chi connectivity index (χ1) is 13.7. The molecule has 1 aliphatic carbocycles. The first kappa shape index (κ1) is 18.7. The number of aromatic nitrogens is 3. The summed E-state index contributed by atoms with van der Waals surface area (Å²) in [4.78, 5) is 19.4. The Bertz CT molecular complexity index is 840. The minimum absolute atomic E-state index is 0.235. The zero-order chi connectivity index (χ0) is 19.3. The van der Waals surface area contributed by atoms with Gasteiger partial charge in [0.2, 0.25) is 5.91 Å². The second-order valence-corrected chi connectivity index (χ2v) is 7.64. The molecule has 1 saturated carbocycles. The van der Waals surface area contributed by atoms with Crippen LogP contribution in [0.4, 0.5) is 0 Å². The van der Waals surface area contributed by atoms with Crippen molar-refractivity contribution in [3.05, 3.63) is 30.2 Å². The van der Waals surface area contributed by atoms with Crippen LogP contribution in [0.15, 0.2) is 29.4 Å². The van der Waals surface area contributed by atoms with Crippen molar-refractivity contribution in [2.45, 2.75) is 51.6 Å². The van der Waals surface area contributed by atoms with E-state index in [0.717, 1.165) is 56.3 Å². The van der Waals surface area contributed by atoms with E-state index in [-0.39, 0.29) is 12.0 Å². The first-order valence-corrected chi connectivity index (χ1v) is 10.4. The zero-order valence-corrected chi connectivity index (χ0v) is 16.5. The van der Waals surface area contributed by atoms with Crippen molar-refractivity contribution in [2.24, 2.45) is 10.9 Å². The molecule has 8 heteroatoms. The van der Waals surface area contributed by atoms with Crippen molar-refractivity contribution in [1.82, 2.24) is 30.1 Å². The van der Waals surface area contributed by atoms with Crippen LogP contribution in [0.25, 0.3) is 5.65 Å². The maximum absolute atomic E-state index is 12.6. The van der Waals surface area contributed by atoms with E-state index in [4.69, 9.17) is 0 Å². The third-order valence-electron chi connectivity index (χ3n) is 5.65. The van der Waals surface area contributed by atoms with Crippen LogP contribution in [0.3, 0.4) is 0 Å². The van der Waals surface area contributed by atoms with Crippen molar-refractivity contribution in [1.29, 1.82) is 0 Å². The summed E-state index contributed by atoms with van der Waals surface area (Å²) in [6, 6.07) is 6.07. The monoisotopic (exact) mass is 383 g/mol. The molecule has 2 aromatic rings. The second kappa shape index (κ2) is 8.58. The van der Waals surface area contributed by atoms with Crippen LogP contribution in [0.2, 0.25) is 0 Å². The maximum atomic E-state index is 12.6. The predicted molar refractivity (Wildman–Crippen MR) is 108 cm³/mol. The van der Waals surface area contributed by atoms with Gasteiger partial charge in [0.15, 0.2) is 17.4 Å². The summed E-state index contributed by atoms with van der Waals surface area (Å²) < 4.78 is 1.95. The number of amides is 1. The summed E-state index contributed by atoms with van der Waals surface area (Å²) in [5.41, 5.74) is 0.822. The van der Waals surface area contributed by atoms with Crippen molar-refractivity contribution < 1.29 is 4.79 Å². The van der Waals surface area contributed by atoms with Crippen LogP contribution in [-0.2, 0) is 11.3 Å². The molecule has 0 radical (unpaired) electrons. The van der Waals surface area contributed by atoms with Gasteiger partial charge < -0.3 is 15.5 Å². The smallest absolute Gasteiger partial charge is 0.225 e. The van der Waals surface area contributed by atoms with Crippen molar-refractivity contribution >= 4 is 17.5 Å². The van der Waals surface area contributed by atoms with Gasteiger partial charge in [0.25, 0.3) is 0 Å². The standard InChI is InChI=1S/C20H29N7O/c1-2-21-20(22-13-18-25-24-17-9-5-6-11-27(17)18)23-16-10-12-26(14-16)19(28)15-7-3-4-8-15/h5-6,9,11,15-16H,2-4,7-8,10,12-14H2,1H3,(H2,21,22,23). The molecule has 0 spiro atoms. The number of nitrogens with one attached hydrogen (secondary N) is 2. The van der Waals surface area contributed by atoms with Gasteiger partial charge in [0.05, 0.1) is 0 Å². The Hall–Kier alpha value is -2.64. The van der Waals surface area contributed by atoms with Crippen molar-refractivity contribution in [2.75, 3.05) is 19.6 Å². The number of guanidine groups is 1. The normalized spacial score (nSPS) is 20.8. The molecule has 1 atom stereocenters. The number of fused-ring (bicyclic) bond motifs is 1. The molecular formula is C20H29N7O. The number of rotatable bonds is 5. The highest BCUT2D eigenvalue weighted by Gasteiger charge is 2.32. The lowest BCUT2D eigenvalue weighted by Crippen LogP contribution is -2.45. The molecule has 0 bridgehead atoms. The number of carbonyl (C=O) groups is 1. The van der Waals surface area contributed by atoms with Crippen LogP contribution < -0.4 is 10.6 Å². The van der Waals surface area contributed by atoms with Gasteiger partial charge in [-0.3, -0.25) is 9.20 Å². The van der Waals surface area contributed by atoms with Gasteiger partial charge >= 0.3 is 0 Å². The van der Waals surface area contributed by atoms with E-state index in [0.29, 0.717) is 12.5 Å². The number of pyridine rings is 1. The highest BCUT2D eigenvalue weighted by Crippen LogP contribution is 2.27. The topological polar surface area (TPSA) is 86.9 Å². The molecule has 1 aliphatic heterocycles. The highest BCUT2D eigenvalue weighted by atomic mass is 16.2. The number of hydrogen-bond acceptors (Lipinski definition) is 4. The van der Waals surface area contributed by atoms with Crippen LogP contribution in [-0.4, -0.2) is 57.0 Å². The fourth-order valence-electron chi connectivity index (χ4n) is 4.17. The van der Waals surface area contributed by atoms with Gasteiger partial charge in [-0.15, -0.1) is 10.2 Å². The van der Waals surface area contributed by atoms with Gasteiger partial charge in [0.1, 0.15) is 6.54 Å². The molecule has 0 aromatic carbocycles. The zero-order valence-electron chi connectivity index (χ0n) is 16.5. The lowest BCUT2D eigenvalue weighted by molar-refractivity contribution is -0.134. The predicted octanol–water partition coefficient (Wildman–Crippen LogP) is 1.58. The fourth-order valence-corrected chi connectivity index (χ4v) is 4.17. The minimum atomic E-state index is 0.235. The number of likely N-dealkylation sites (tertiary alicyclic amines) is 1. The van der Waals surface area contributed by atoms with Crippen LogP contribution in [0, 0.1) is 5.92 Å². The molecule has 1 saturated heterocycles. The van der Waals surface area contributed by atoms with Gasteiger partial charge in [0, 0.05) is 37.8 Å². The van der Waals surface area contributed by atoms with Crippen LogP contribution in [0.5, 0.6) is 0 Å². The number of carbonyl (C=O) groups excluding carboxylic acids is 1. The average Bonchev–Trinajstić information content (AvgIpc) is 3.46. The van der Waals surface area contributed by atoms with E-state index >= 15 is 0 Å². The molecule has 150 valence electrons. The van der Waals surface area contributed by atoms with Crippen molar-refractivity contribution in [3.63, 3.8) is 0 Å². The molecule has 3 heterocycles. The first-order valence-electron chi connectivity index (χ1n) is 10.4. The van der Waals surface area contributed by atoms with E-state index < -0.39 is 0 Å². The van der Waals surface area contributed by atoms with E-state index in [1.54, 1.807) is 0 Å². The highest BCUT2D eigenvalue weighted by molar-refractivity contribution is 5.81. The lowest BCUT2D eigenvalue weighted by atomic mass is 10.1. The Morgan fingerprint density at radius 1 is 1.25 bits per heavy atom. The van der Waals surface area contributed by atoms with Gasteiger partial charge in [-0.2, -0.15) is 0 Å². The molecular weight excluding hydrogens is 354 g/mol. The average molecular weight is 384 g/mol. The molecule has 1 unspecified atom stereocenters. The number of hydrogen-bond donors (Lipinski definition) is 2. The van der Waals surface area contributed by atoms with Gasteiger partial charge in [-0.1, -0.05) is 18.9 Å². The van der Waals surface area contributed by atoms with E-state index in [9.17, 15) is 4.79 Å². The molecule has 8 nitrogen and oxygen atoms in total. The molecule has 2 fully saturated rings. The van der Waals surface area contributed by atoms with E-state index in [1.165, 1.54) is 12.8 Å². The quantitative estimate of drug-likeness (QED) is 0.605. The van der Waals surface area contributed by atoms with Crippen LogP contribution >= 0.6 is 0 Å². The molecule has 4 rings (SSSR count). The Morgan fingerprint density at radius 2 is 2.11 bits per heavy atom. The Balaban J connectivity index is 1.37. The Morgan fingerprint density at radius 3 is 2.93 bits per heavy atom. The Labute approximate surface area is 165 Å². The van der Waals surface area contributed by atoms with Gasteiger partial charge in [-0.25, -0.2) is 4.99 Å². The maximum Gasteiger partial charge on any atom is 0.225 e. The largest absolute Gasteiger partial charge is 0.357 e. The van der Waals surface area contributed by atoms with E-state index in [2.05, 4.69) is 25.8 Å². The second-order valence-electron chi connectivity index (χ2n) is 7.64. The summed E-state index contributed by atoms with van der Waals surface area (Å²) in [5.74, 6) is 2.16. The summed E-state index contributed by atoms with van der Waals surface area (Å²) in [5, 5.41) is 15.2. The fraction of sp³-hybridized carbons (Fsp3) is 0.600. The molecule has 2 aromatic heterocycles. The van der Waals surface area contributed by atoms with E-state index in [1.807, 2.05) is 40.6 Å². The van der Waals surface area contributed by atoms with Crippen molar-refractivity contribution in [3.8, 4) is 0 Å². The summed E-state index contributed by atoms with van der Waals surface area (Å²) in [7, 11) is 0. The minimum Gasteiger partial charge on any atom is -0.357 e. The summed E-state index contributed by atoms with van der Waals surface area (Å²) in [6.45, 7) is 4.87. The summed E-state index contributed by atoms with van der Waals surface area (Å²) in [6.07, 6.45) is 7.41. The van der Waals surface area contributed by atoms with Gasteiger partial charge in [-0.05, 0) is 38.3 Å². The Kier molecular flexibility index (Phi) is 5.73. The number of nitrogens with zero attached hydrogens (tertiary/aromatic N) is 5. The SMILES string of the molecule is CCNC(=NCc1nnc2ccccn12)NC1CCN(C(=O)C2CCCC2)C1. The summed E-state index contributed by atoms with van der Waals surface area (Å²) >= 11 is 0. The molecule has 1 amide bonds. The molecule has 2 N–H and O–H groups in total.